The summed E-state index contributed by atoms with van der Waals surface area (Å²) in [6.45, 7) is 6.50. The second kappa shape index (κ2) is 4.48. The zero-order valence-corrected chi connectivity index (χ0v) is 11.4. The van der Waals surface area contributed by atoms with Crippen LogP contribution in [0.3, 0.4) is 0 Å². The van der Waals surface area contributed by atoms with E-state index < -0.39 is 5.41 Å². The SMILES string of the molecule is COC(=O)C(C)(C)Cn1ccc2ccc(C)cc21. The Bertz CT molecular complexity index is 581. The maximum Gasteiger partial charge on any atom is 0.313 e. The first-order chi connectivity index (χ1) is 8.44. The molecule has 18 heavy (non-hydrogen) atoms. The minimum absolute atomic E-state index is 0.183. The lowest BCUT2D eigenvalue weighted by molar-refractivity contribution is -0.151. The molecule has 2 aromatic rings. The van der Waals surface area contributed by atoms with E-state index in [4.69, 9.17) is 4.74 Å². The lowest BCUT2D eigenvalue weighted by atomic mass is 9.93. The summed E-state index contributed by atoms with van der Waals surface area (Å²) in [4.78, 5) is 11.7. The Morgan fingerprint density at radius 1 is 1.33 bits per heavy atom. The molecule has 2 rings (SSSR count). The van der Waals surface area contributed by atoms with Gasteiger partial charge in [-0.05, 0) is 43.9 Å². The monoisotopic (exact) mass is 245 g/mol. The molecule has 1 aromatic carbocycles. The molecular weight excluding hydrogens is 226 g/mol. The normalized spacial score (nSPS) is 11.8. The average molecular weight is 245 g/mol. The zero-order valence-electron chi connectivity index (χ0n) is 11.4. The van der Waals surface area contributed by atoms with Gasteiger partial charge in [0.2, 0.25) is 0 Å². The van der Waals surface area contributed by atoms with Gasteiger partial charge < -0.3 is 9.30 Å². The second-order valence-electron chi connectivity index (χ2n) is 5.38. The van der Waals surface area contributed by atoms with Crippen LogP contribution in [0.5, 0.6) is 0 Å². The summed E-state index contributed by atoms with van der Waals surface area (Å²) in [6, 6.07) is 8.41. The van der Waals surface area contributed by atoms with E-state index in [0.29, 0.717) is 6.54 Å². The molecule has 0 spiro atoms. The highest BCUT2D eigenvalue weighted by molar-refractivity contribution is 5.81. The number of rotatable bonds is 3. The van der Waals surface area contributed by atoms with E-state index in [0.717, 1.165) is 5.52 Å². The van der Waals surface area contributed by atoms with Crippen molar-refractivity contribution in [2.45, 2.75) is 27.3 Å². The van der Waals surface area contributed by atoms with Gasteiger partial charge in [0.05, 0.1) is 12.5 Å². The molecule has 0 aliphatic rings. The van der Waals surface area contributed by atoms with Crippen molar-refractivity contribution in [1.29, 1.82) is 0 Å². The van der Waals surface area contributed by atoms with Crippen LogP contribution < -0.4 is 0 Å². The Hall–Kier alpha value is -1.77. The van der Waals surface area contributed by atoms with Crippen LogP contribution in [0.4, 0.5) is 0 Å². The Morgan fingerprint density at radius 3 is 2.72 bits per heavy atom. The minimum Gasteiger partial charge on any atom is -0.469 e. The molecule has 0 N–H and O–H groups in total. The summed E-state index contributed by atoms with van der Waals surface area (Å²) >= 11 is 0. The molecule has 0 unspecified atom stereocenters. The van der Waals surface area contributed by atoms with Gasteiger partial charge in [0.1, 0.15) is 0 Å². The summed E-state index contributed by atoms with van der Waals surface area (Å²) in [5.41, 5.74) is 1.86. The molecule has 0 saturated carbocycles. The lowest BCUT2D eigenvalue weighted by Gasteiger charge is -2.22. The van der Waals surface area contributed by atoms with Crippen molar-refractivity contribution < 1.29 is 9.53 Å². The van der Waals surface area contributed by atoms with Gasteiger partial charge >= 0.3 is 5.97 Å². The highest BCUT2D eigenvalue weighted by atomic mass is 16.5. The third-order valence-electron chi connectivity index (χ3n) is 3.23. The van der Waals surface area contributed by atoms with Crippen molar-refractivity contribution in [1.82, 2.24) is 4.57 Å². The van der Waals surface area contributed by atoms with Gasteiger partial charge in [-0.3, -0.25) is 4.79 Å². The van der Waals surface area contributed by atoms with E-state index in [-0.39, 0.29) is 5.97 Å². The first-order valence-electron chi connectivity index (χ1n) is 6.08. The Kier molecular flexibility index (Phi) is 3.16. The van der Waals surface area contributed by atoms with E-state index in [2.05, 4.69) is 35.8 Å². The summed E-state index contributed by atoms with van der Waals surface area (Å²) in [5, 5.41) is 1.20. The molecule has 1 heterocycles. The summed E-state index contributed by atoms with van der Waals surface area (Å²) in [7, 11) is 1.43. The molecule has 0 amide bonds. The average Bonchev–Trinajstić information content (AvgIpc) is 2.70. The fourth-order valence-electron chi connectivity index (χ4n) is 2.20. The van der Waals surface area contributed by atoms with Crippen LogP contribution in [-0.2, 0) is 16.1 Å². The van der Waals surface area contributed by atoms with Crippen molar-refractivity contribution in [2.75, 3.05) is 7.11 Å². The largest absolute Gasteiger partial charge is 0.469 e. The van der Waals surface area contributed by atoms with Gasteiger partial charge in [-0.15, -0.1) is 0 Å². The van der Waals surface area contributed by atoms with E-state index >= 15 is 0 Å². The van der Waals surface area contributed by atoms with Crippen LogP contribution in [0.25, 0.3) is 10.9 Å². The molecule has 0 aliphatic carbocycles. The number of carbonyl (C=O) groups is 1. The summed E-state index contributed by atoms with van der Waals surface area (Å²) in [6.07, 6.45) is 2.02. The van der Waals surface area contributed by atoms with Crippen LogP contribution in [0.1, 0.15) is 19.4 Å². The fourth-order valence-corrected chi connectivity index (χ4v) is 2.20. The first-order valence-corrected chi connectivity index (χ1v) is 6.08. The van der Waals surface area contributed by atoms with Gasteiger partial charge in [-0.2, -0.15) is 0 Å². The number of benzene rings is 1. The number of aromatic nitrogens is 1. The molecule has 0 bridgehead atoms. The Balaban J connectivity index is 2.37. The molecular formula is C15H19NO2. The number of aryl methyl sites for hydroxylation is 1. The number of esters is 1. The second-order valence-corrected chi connectivity index (χ2v) is 5.38. The highest BCUT2D eigenvalue weighted by Gasteiger charge is 2.29. The zero-order chi connectivity index (χ0) is 13.3. The van der Waals surface area contributed by atoms with Crippen LogP contribution in [0.15, 0.2) is 30.5 Å². The van der Waals surface area contributed by atoms with Crippen molar-refractivity contribution >= 4 is 16.9 Å². The van der Waals surface area contributed by atoms with E-state index in [1.165, 1.54) is 18.1 Å². The molecule has 0 radical (unpaired) electrons. The van der Waals surface area contributed by atoms with Crippen molar-refractivity contribution in [3.8, 4) is 0 Å². The quantitative estimate of drug-likeness (QED) is 0.778. The first kappa shape index (κ1) is 12.7. The minimum atomic E-state index is -0.523. The number of fused-ring (bicyclic) bond motifs is 1. The Morgan fingerprint density at radius 2 is 2.06 bits per heavy atom. The lowest BCUT2D eigenvalue weighted by Crippen LogP contribution is -2.30. The van der Waals surface area contributed by atoms with Crippen LogP contribution >= 0.6 is 0 Å². The third-order valence-corrected chi connectivity index (χ3v) is 3.23. The Labute approximate surface area is 107 Å². The smallest absolute Gasteiger partial charge is 0.313 e. The summed E-state index contributed by atoms with van der Waals surface area (Å²) < 4.78 is 6.96. The molecule has 0 aliphatic heterocycles. The topological polar surface area (TPSA) is 31.2 Å². The van der Waals surface area contributed by atoms with Gasteiger partial charge in [0.25, 0.3) is 0 Å². The van der Waals surface area contributed by atoms with Gasteiger partial charge in [-0.1, -0.05) is 12.1 Å². The number of carbonyl (C=O) groups excluding carboxylic acids is 1. The summed E-state index contributed by atoms with van der Waals surface area (Å²) in [5.74, 6) is -0.183. The molecule has 0 fully saturated rings. The van der Waals surface area contributed by atoms with Crippen molar-refractivity contribution in [3.05, 3.63) is 36.0 Å². The van der Waals surface area contributed by atoms with Crippen molar-refractivity contribution in [3.63, 3.8) is 0 Å². The van der Waals surface area contributed by atoms with Crippen molar-refractivity contribution in [2.24, 2.45) is 5.41 Å². The van der Waals surface area contributed by atoms with Crippen LogP contribution in [0, 0.1) is 12.3 Å². The third kappa shape index (κ3) is 2.26. The van der Waals surface area contributed by atoms with Crippen LogP contribution in [0.2, 0.25) is 0 Å². The number of nitrogens with zero attached hydrogens (tertiary/aromatic N) is 1. The predicted octanol–water partition coefficient (Wildman–Crippen LogP) is 3.15. The molecule has 3 nitrogen and oxygen atoms in total. The molecule has 0 saturated heterocycles. The highest BCUT2D eigenvalue weighted by Crippen LogP contribution is 2.24. The van der Waals surface area contributed by atoms with Gasteiger partial charge in [0, 0.05) is 18.3 Å². The number of hydrogen-bond donors (Lipinski definition) is 0. The molecule has 3 heteroatoms. The van der Waals surface area contributed by atoms with E-state index in [1.807, 2.05) is 20.0 Å². The van der Waals surface area contributed by atoms with Gasteiger partial charge in [0.15, 0.2) is 0 Å². The number of hydrogen-bond acceptors (Lipinski definition) is 2. The molecule has 96 valence electrons. The van der Waals surface area contributed by atoms with E-state index in [1.54, 1.807) is 0 Å². The maximum atomic E-state index is 11.7. The van der Waals surface area contributed by atoms with E-state index in [9.17, 15) is 4.79 Å². The standard InChI is InChI=1S/C15H19NO2/c1-11-5-6-12-7-8-16(13(12)9-11)10-15(2,3)14(17)18-4/h5-9H,10H2,1-4H3. The van der Waals surface area contributed by atoms with Gasteiger partial charge in [-0.25, -0.2) is 0 Å². The number of ether oxygens (including phenoxy) is 1. The molecule has 1 aromatic heterocycles. The molecule has 0 atom stereocenters. The number of methoxy groups -OCH3 is 1. The fraction of sp³-hybridized carbons (Fsp3) is 0.400. The predicted molar refractivity (Wildman–Crippen MR) is 72.5 cm³/mol. The maximum absolute atomic E-state index is 11.7. The van der Waals surface area contributed by atoms with Crippen LogP contribution in [-0.4, -0.2) is 17.6 Å².